The van der Waals surface area contributed by atoms with Crippen molar-refractivity contribution in [1.29, 1.82) is 0 Å². The summed E-state index contributed by atoms with van der Waals surface area (Å²) in [5.74, 6) is 0. The van der Waals surface area contributed by atoms with Crippen LogP contribution in [0.15, 0.2) is 29.4 Å². The zero-order chi connectivity index (χ0) is 7.68. The van der Waals surface area contributed by atoms with Gasteiger partial charge in [-0.25, -0.2) is 4.98 Å². The Labute approximate surface area is 87.9 Å². The monoisotopic (exact) mass is 228 g/mol. The number of nitrogens with one attached hydrogen (secondary N) is 1. The second kappa shape index (κ2) is 4.06. The number of hydrogen-bond acceptors (Lipinski definition) is 2. The molecule has 1 aromatic carbocycles. The fraction of sp³-hybridized carbons (Fsp3) is 0.125. The molecule has 0 unspecified atom stereocenters. The first-order chi connectivity index (χ1) is 5.40. The first-order valence-corrected chi connectivity index (χ1v) is 4.61. The number of benzene rings is 1. The Balaban J connectivity index is 0.000000720. The molecule has 2 aromatic rings. The number of imidazole rings is 1. The van der Waals surface area contributed by atoms with Gasteiger partial charge in [0.2, 0.25) is 0 Å². The van der Waals surface area contributed by atoms with Crippen LogP contribution in [-0.2, 0) is 19.5 Å². The molecule has 0 fully saturated rings. The van der Waals surface area contributed by atoms with Gasteiger partial charge in [-0.15, -0.1) is 0 Å². The summed E-state index contributed by atoms with van der Waals surface area (Å²) >= 11 is 1.63. The fourth-order valence-corrected chi connectivity index (χ4v) is 1.43. The van der Waals surface area contributed by atoms with Crippen LogP contribution < -0.4 is 0 Å². The molecule has 0 saturated heterocycles. The number of fused-ring (bicyclic) bond motifs is 1. The van der Waals surface area contributed by atoms with Gasteiger partial charge in [-0.2, -0.15) is 0 Å². The molecule has 0 atom stereocenters. The summed E-state index contributed by atoms with van der Waals surface area (Å²) in [5, 5.41) is 0.978. The number of aromatic amines is 1. The standard InChI is InChI=1S/C8H8N2S.Zn/c1-11-8-9-6-4-2-3-5-7(6)10-8;/h2-5H,1H3,(H,9,10);. The third-order valence-corrected chi connectivity index (χ3v) is 2.14. The molecular weight excluding hydrogens is 222 g/mol. The Hall–Kier alpha value is -0.337. The molecular formula is C8H8N2SZn. The van der Waals surface area contributed by atoms with Crippen molar-refractivity contribution >= 4 is 22.8 Å². The van der Waals surface area contributed by atoms with Crippen molar-refractivity contribution in [2.24, 2.45) is 0 Å². The minimum absolute atomic E-state index is 0. The van der Waals surface area contributed by atoms with Gasteiger partial charge in [0.25, 0.3) is 0 Å². The summed E-state index contributed by atoms with van der Waals surface area (Å²) in [7, 11) is 0. The third kappa shape index (κ3) is 1.70. The molecule has 0 aliphatic heterocycles. The molecule has 1 aromatic heterocycles. The summed E-state index contributed by atoms with van der Waals surface area (Å²) in [5.41, 5.74) is 2.15. The van der Waals surface area contributed by atoms with Crippen molar-refractivity contribution in [3.8, 4) is 0 Å². The quantitative estimate of drug-likeness (QED) is 0.600. The molecule has 4 heteroatoms. The molecule has 0 spiro atoms. The van der Waals surface area contributed by atoms with Crippen molar-refractivity contribution in [3.05, 3.63) is 24.3 Å². The molecule has 2 nitrogen and oxygen atoms in total. The molecule has 0 aliphatic carbocycles. The Bertz CT molecular complexity index is 339. The van der Waals surface area contributed by atoms with E-state index in [9.17, 15) is 0 Å². The number of hydrogen-bond donors (Lipinski definition) is 1. The molecule has 0 bridgehead atoms. The van der Waals surface area contributed by atoms with E-state index >= 15 is 0 Å². The van der Waals surface area contributed by atoms with Gasteiger partial charge in [0.05, 0.1) is 11.0 Å². The summed E-state index contributed by atoms with van der Waals surface area (Å²) in [4.78, 5) is 7.54. The van der Waals surface area contributed by atoms with Gasteiger partial charge in [-0.3, -0.25) is 0 Å². The van der Waals surface area contributed by atoms with E-state index in [1.54, 1.807) is 11.8 Å². The van der Waals surface area contributed by atoms with Gasteiger partial charge in [0.1, 0.15) is 0 Å². The SMILES string of the molecule is CSc1nc2ccccc2[nH]1.[Zn]. The molecule has 0 aliphatic rings. The topological polar surface area (TPSA) is 28.7 Å². The molecule has 0 saturated carbocycles. The average molecular weight is 230 g/mol. The van der Waals surface area contributed by atoms with E-state index in [1.807, 2.05) is 30.5 Å². The van der Waals surface area contributed by atoms with Crippen LogP contribution in [0.1, 0.15) is 0 Å². The molecule has 0 amide bonds. The predicted octanol–water partition coefficient (Wildman–Crippen LogP) is 2.28. The number of H-pyrrole nitrogens is 1. The van der Waals surface area contributed by atoms with Crippen LogP contribution in [0, 0.1) is 0 Å². The summed E-state index contributed by atoms with van der Waals surface area (Å²) in [6, 6.07) is 8.03. The molecule has 1 N–H and O–H groups in total. The van der Waals surface area contributed by atoms with Gasteiger partial charge < -0.3 is 4.98 Å². The predicted molar refractivity (Wildman–Crippen MR) is 47.9 cm³/mol. The van der Waals surface area contributed by atoms with Gasteiger partial charge in [0.15, 0.2) is 5.16 Å². The second-order valence-electron chi connectivity index (χ2n) is 2.26. The Morgan fingerprint density at radius 1 is 1.33 bits per heavy atom. The Morgan fingerprint density at radius 2 is 2.08 bits per heavy atom. The number of thioether (sulfide) groups is 1. The number of nitrogens with zero attached hydrogens (tertiary/aromatic N) is 1. The van der Waals surface area contributed by atoms with Gasteiger partial charge in [-0.1, -0.05) is 23.9 Å². The van der Waals surface area contributed by atoms with Crippen molar-refractivity contribution in [2.45, 2.75) is 5.16 Å². The Kier molecular flexibility index (Phi) is 3.30. The van der Waals surface area contributed by atoms with E-state index in [2.05, 4.69) is 9.97 Å². The van der Waals surface area contributed by atoms with Crippen LogP contribution in [0.4, 0.5) is 0 Å². The molecule has 0 radical (unpaired) electrons. The van der Waals surface area contributed by atoms with Crippen LogP contribution in [0.2, 0.25) is 0 Å². The summed E-state index contributed by atoms with van der Waals surface area (Å²) in [6.45, 7) is 0. The van der Waals surface area contributed by atoms with Crippen LogP contribution in [0.5, 0.6) is 0 Å². The largest absolute Gasteiger partial charge is 0.333 e. The first-order valence-electron chi connectivity index (χ1n) is 3.39. The van der Waals surface area contributed by atoms with E-state index in [4.69, 9.17) is 0 Å². The molecule has 1 heterocycles. The van der Waals surface area contributed by atoms with Crippen molar-refractivity contribution in [1.82, 2.24) is 9.97 Å². The zero-order valence-electron chi connectivity index (χ0n) is 6.87. The molecule has 2 rings (SSSR count). The van der Waals surface area contributed by atoms with E-state index in [0.29, 0.717) is 0 Å². The smallest absolute Gasteiger partial charge is 0.166 e. The normalized spacial score (nSPS) is 9.75. The number of para-hydroxylation sites is 2. The number of aromatic nitrogens is 2. The van der Waals surface area contributed by atoms with Crippen LogP contribution in [-0.4, -0.2) is 16.2 Å². The minimum Gasteiger partial charge on any atom is -0.333 e. The zero-order valence-corrected chi connectivity index (χ0v) is 10.7. The van der Waals surface area contributed by atoms with Gasteiger partial charge >= 0.3 is 0 Å². The fourth-order valence-electron chi connectivity index (χ4n) is 1.03. The number of rotatable bonds is 1. The minimum atomic E-state index is 0. The third-order valence-electron chi connectivity index (χ3n) is 1.56. The van der Waals surface area contributed by atoms with Crippen LogP contribution in [0.25, 0.3) is 11.0 Å². The van der Waals surface area contributed by atoms with Gasteiger partial charge in [-0.05, 0) is 18.4 Å². The van der Waals surface area contributed by atoms with Gasteiger partial charge in [0, 0.05) is 19.5 Å². The maximum atomic E-state index is 4.34. The van der Waals surface area contributed by atoms with E-state index in [1.165, 1.54) is 0 Å². The molecule has 12 heavy (non-hydrogen) atoms. The van der Waals surface area contributed by atoms with E-state index in [-0.39, 0.29) is 19.5 Å². The van der Waals surface area contributed by atoms with Crippen LogP contribution >= 0.6 is 11.8 Å². The first kappa shape index (κ1) is 9.75. The van der Waals surface area contributed by atoms with Crippen molar-refractivity contribution < 1.29 is 19.5 Å². The van der Waals surface area contributed by atoms with Crippen LogP contribution in [0.3, 0.4) is 0 Å². The van der Waals surface area contributed by atoms with E-state index < -0.39 is 0 Å². The second-order valence-corrected chi connectivity index (χ2v) is 3.06. The summed E-state index contributed by atoms with van der Waals surface area (Å²) in [6.07, 6.45) is 2.01. The summed E-state index contributed by atoms with van der Waals surface area (Å²) < 4.78 is 0. The Morgan fingerprint density at radius 3 is 2.75 bits per heavy atom. The molecule has 58 valence electrons. The maximum Gasteiger partial charge on any atom is 0.166 e. The van der Waals surface area contributed by atoms with Crippen molar-refractivity contribution in [3.63, 3.8) is 0 Å². The van der Waals surface area contributed by atoms with E-state index in [0.717, 1.165) is 16.2 Å². The van der Waals surface area contributed by atoms with Crippen molar-refractivity contribution in [2.75, 3.05) is 6.26 Å². The maximum absolute atomic E-state index is 4.34. The average Bonchev–Trinajstić information content (AvgIpc) is 2.46.